The van der Waals surface area contributed by atoms with Crippen LogP contribution in [0, 0.1) is 0 Å². The molecule has 0 atom stereocenters. The fourth-order valence-electron chi connectivity index (χ4n) is 0.799. The molecule has 4 heteroatoms. The van der Waals surface area contributed by atoms with E-state index in [4.69, 9.17) is 23.1 Å². The smallest absolute Gasteiger partial charge is 0.0992 e. The van der Waals surface area contributed by atoms with Gasteiger partial charge in [-0.25, -0.2) is 0 Å². The van der Waals surface area contributed by atoms with Crippen LogP contribution in [0.4, 0.5) is 0 Å². The first-order valence-electron chi connectivity index (χ1n) is 3.69. The summed E-state index contributed by atoms with van der Waals surface area (Å²) in [5, 5.41) is 0.201. The Morgan fingerprint density at radius 1 is 1.38 bits per heavy atom. The molecule has 4 N–H and O–H groups in total. The van der Waals surface area contributed by atoms with Gasteiger partial charge in [0.2, 0.25) is 0 Å². The third-order valence-electron chi connectivity index (χ3n) is 1.42. The Hall–Kier alpha value is -1.48. The predicted octanol–water partition coefficient (Wildman–Crippen LogP) is 1.42. The summed E-state index contributed by atoms with van der Waals surface area (Å²) in [5.74, 6) is 0. The minimum absolute atomic E-state index is 0.201. The maximum absolute atomic E-state index is 5.71. The molecule has 0 saturated heterocycles. The molecule has 0 radical (unpaired) electrons. The highest BCUT2D eigenvalue weighted by Gasteiger charge is 1.92. The Morgan fingerprint density at radius 2 is 2.15 bits per heavy atom. The normalized spacial score (nSPS) is 13.0. The molecule has 13 heavy (non-hydrogen) atoms. The van der Waals surface area contributed by atoms with Crippen molar-refractivity contribution < 1.29 is 0 Å². The lowest BCUT2D eigenvalue weighted by Gasteiger charge is -1.97. The van der Waals surface area contributed by atoms with Crippen LogP contribution in [0.2, 0.25) is 0 Å². The molecule has 0 unspecified atom stereocenters. The number of aromatic nitrogens is 1. The fraction of sp³-hybridized carbons (Fsp3) is 0. The molecular formula is C9H10ClN3. The molecule has 0 aliphatic carbocycles. The van der Waals surface area contributed by atoms with Crippen LogP contribution in [0.25, 0.3) is 5.70 Å². The molecule has 0 aromatic carbocycles. The van der Waals surface area contributed by atoms with Gasteiger partial charge in [-0.15, -0.1) is 0 Å². The van der Waals surface area contributed by atoms with E-state index in [-0.39, 0.29) is 5.16 Å². The van der Waals surface area contributed by atoms with Crippen molar-refractivity contribution in [3.8, 4) is 0 Å². The molecule has 68 valence electrons. The summed E-state index contributed by atoms with van der Waals surface area (Å²) in [7, 11) is 0. The van der Waals surface area contributed by atoms with Crippen molar-refractivity contribution in [1.29, 1.82) is 0 Å². The fourth-order valence-corrected chi connectivity index (χ4v) is 0.862. The molecule has 0 aliphatic heterocycles. The molecule has 0 amide bonds. The van der Waals surface area contributed by atoms with Gasteiger partial charge in [0, 0.05) is 23.7 Å². The van der Waals surface area contributed by atoms with Crippen LogP contribution in [0.5, 0.6) is 0 Å². The molecule has 0 spiro atoms. The first kappa shape index (κ1) is 9.61. The van der Waals surface area contributed by atoms with Gasteiger partial charge >= 0.3 is 0 Å². The van der Waals surface area contributed by atoms with E-state index in [2.05, 4.69) is 4.98 Å². The van der Waals surface area contributed by atoms with E-state index in [1.807, 2.05) is 12.1 Å². The lowest BCUT2D eigenvalue weighted by Crippen LogP contribution is -1.96. The third kappa shape index (κ3) is 3.17. The van der Waals surface area contributed by atoms with Crippen LogP contribution in [-0.2, 0) is 0 Å². The van der Waals surface area contributed by atoms with Crippen molar-refractivity contribution in [1.82, 2.24) is 4.98 Å². The first-order chi connectivity index (χ1) is 6.20. The maximum atomic E-state index is 5.71. The van der Waals surface area contributed by atoms with Gasteiger partial charge in [0.15, 0.2) is 0 Å². The van der Waals surface area contributed by atoms with Crippen LogP contribution < -0.4 is 11.5 Å². The third-order valence-corrected chi connectivity index (χ3v) is 1.54. The van der Waals surface area contributed by atoms with E-state index in [1.165, 1.54) is 6.08 Å². The van der Waals surface area contributed by atoms with E-state index >= 15 is 0 Å². The highest BCUT2D eigenvalue weighted by atomic mass is 35.5. The minimum Gasteiger partial charge on any atom is -0.398 e. The van der Waals surface area contributed by atoms with Crippen LogP contribution in [0.15, 0.2) is 41.8 Å². The van der Waals surface area contributed by atoms with E-state index in [0.29, 0.717) is 5.70 Å². The summed E-state index contributed by atoms with van der Waals surface area (Å²) >= 11 is 5.43. The lowest BCUT2D eigenvalue weighted by molar-refractivity contribution is 1.30. The topological polar surface area (TPSA) is 64.9 Å². The summed E-state index contributed by atoms with van der Waals surface area (Å²) in [4.78, 5) is 3.93. The molecule has 1 aromatic rings. The molecule has 1 rings (SSSR count). The number of nitrogens with two attached hydrogens (primary N) is 2. The number of pyridine rings is 1. The maximum Gasteiger partial charge on any atom is 0.0992 e. The number of hydrogen-bond acceptors (Lipinski definition) is 3. The number of hydrogen-bond donors (Lipinski definition) is 2. The summed E-state index contributed by atoms with van der Waals surface area (Å²) in [6.45, 7) is 0. The average molecular weight is 196 g/mol. The second-order valence-corrected chi connectivity index (χ2v) is 2.85. The molecule has 0 saturated carbocycles. The van der Waals surface area contributed by atoms with E-state index in [0.717, 1.165) is 5.56 Å². The zero-order chi connectivity index (χ0) is 9.68. The van der Waals surface area contributed by atoms with Gasteiger partial charge in [0.25, 0.3) is 0 Å². The quantitative estimate of drug-likeness (QED) is 0.554. The van der Waals surface area contributed by atoms with Crippen LogP contribution in [0.1, 0.15) is 5.56 Å². The Labute approximate surface area is 81.7 Å². The molecule has 0 aliphatic rings. The second-order valence-electron chi connectivity index (χ2n) is 2.42. The van der Waals surface area contributed by atoms with Gasteiger partial charge in [0.1, 0.15) is 0 Å². The predicted molar refractivity (Wildman–Crippen MR) is 54.5 cm³/mol. The van der Waals surface area contributed by atoms with Gasteiger partial charge in [-0.2, -0.15) is 0 Å². The van der Waals surface area contributed by atoms with Gasteiger partial charge in [-0.05, 0) is 24.3 Å². The van der Waals surface area contributed by atoms with Crippen molar-refractivity contribution in [2.75, 3.05) is 0 Å². The molecule has 1 heterocycles. The summed E-state index contributed by atoms with van der Waals surface area (Å²) < 4.78 is 0. The van der Waals surface area contributed by atoms with Crippen LogP contribution in [0.3, 0.4) is 0 Å². The Kier molecular flexibility index (Phi) is 3.34. The first-order valence-corrected chi connectivity index (χ1v) is 4.07. The second kappa shape index (κ2) is 4.52. The Morgan fingerprint density at radius 3 is 2.69 bits per heavy atom. The van der Waals surface area contributed by atoms with E-state index in [9.17, 15) is 0 Å². The summed E-state index contributed by atoms with van der Waals surface area (Å²) in [6, 6.07) is 3.67. The average Bonchev–Trinajstić information content (AvgIpc) is 2.15. The number of halogens is 1. The van der Waals surface area contributed by atoms with Gasteiger partial charge < -0.3 is 11.5 Å². The standard InChI is InChI=1S/C9H10ClN3/c10-9(12)4-3-8(11)7-2-1-5-13-6-7/h1-6H,11-12H2/b8-3-,9-4-. The molecule has 1 aromatic heterocycles. The number of nitrogens with zero attached hydrogens (tertiary/aromatic N) is 1. The van der Waals surface area contributed by atoms with Crippen LogP contribution in [-0.4, -0.2) is 4.98 Å². The van der Waals surface area contributed by atoms with Gasteiger partial charge in [-0.3, -0.25) is 4.98 Å². The van der Waals surface area contributed by atoms with Crippen molar-refractivity contribution in [2.45, 2.75) is 0 Å². The zero-order valence-corrected chi connectivity index (χ0v) is 7.70. The van der Waals surface area contributed by atoms with Crippen molar-refractivity contribution in [3.05, 3.63) is 47.4 Å². The molecule has 3 nitrogen and oxygen atoms in total. The summed E-state index contributed by atoms with van der Waals surface area (Å²) in [6.07, 6.45) is 6.52. The molecular weight excluding hydrogens is 186 g/mol. The van der Waals surface area contributed by atoms with Gasteiger partial charge in [-0.1, -0.05) is 11.6 Å². The van der Waals surface area contributed by atoms with Crippen molar-refractivity contribution in [2.24, 2.45) is 11.5 Å². The SMILES string of the molecule is N/C(=C\C=C(/N)Cl)c1cccnc1. The van der Waals surface area contributed by atoms with E-state index in [1.54, 1.807) is 18.5 Å². The highest BCUT2D eigenvalue weighted by molar-refractivity contribution is 6.29. The number of allylic oxidation sites excluding steroid dienone is 2. The number of rotatable bonds is 2. The highest BCUT2D eigenvalue weighted by Crippen LogP contribution is 2.06. The van der Waals surface area contributed by atoms with Gasteiger partial charge in [0.05, 0.1) is 5.16 Å². The zero-order valence-electron chi connectivity index (χ0n) is 6.94. The monoisotopic (exact) mass is 195 g/mol. The van der Waals surface area contributed by atoms with Crippen molar-refractivity contribution in [3.63, 3.8) is 0 Å². The summed E-state index contributed by atoms with van der Waals surface area (Å²) in [5.41, 5.74) is 12.4. The minimum atomic E-state index is 0.201. The van der Waals surface area contributed by atoms with Crippen LogP contribution >= 0.6 is 11.6 Å². The van der Waals surface area contributed by atoms with E-state index < -0.39 is 0 Å². The largest absolute Gasteiger partial charge is 0.398 e. The molecule has 0 bridgehead atoms. The molecule has 0 fully saturated rings. The van der Waals surface area contributed by atoms with Crippen molar-refractivity contribution >= 4 is 17.3 Å². The Bertz CT molecular complexity index is 326. The Balaban J connectivity index is 2.86. The lowest BCUT2D eigenvalue weighted by atomic mass is 10.2.